The third-order valence-electron chi connectivity index (χ3n) is 2.74. The Morgan fingerprint density at radius 1 is 1.11 bits per heavy atom. The molecule has 0 aliphatic carbocycles. The molecule has 1 aromatic rings. The van der Waals surface area contributed by atoms with Gasteiger partial charge in [0, 0.05) is 19.3 Å². The zero-order valence-corrected chi connectivity index (χ0v) is 11.5. The SMILES string of the molecule is CN(C)CCCN(C)C(=O)CNc1ccccc1. The van der Waals surface area contributed by atoms with E-state index in [4.69, 9.17) is 0 Å². The van der Waals surface area contributed by atoms with Crippen LogP contribution in [0.3, 0.4) is 0 Å². The van der Waals surface area contributed by atoms with Crippen molar-refractivity contribution in [3.8, 4) is 0 Å². The van der Waals surface area contributed by atoms with E-state index in [0.717, 1.165) is 25.2 Å². The zero-order valence-electron chi connectivity index (χ0n) is 11.5. The maximum atomic E-state index is 11.8. The molecule has 0 atom stereocenters. The first kappa shape index (κ1) is 14.5. The molecule has 1 aromatic carbocycles. The van der Waals surface area contributed by atoms with Crippen molar-refractivity contribution < 1.29 is 4.79 Å². The van der Waals surface area contributed by atoms with Crippen LogP contribution >= 0.6 is 0 Å². The van der Waals surface area contributed by atoms with E-state index in [2.05, 4.69) is 10.2 Å². The van der Waals surface area contributed by atoms with Gasteiger partial charge in [-0.25, -0.2) is 0 Å². The summed E-state index contributed by atoms with van der Waals surface area (Å²) in [6.45, 7) is 2.15. The first-order chi connectivity index (χ1) is 8.59. The van der Waals surface area contributed by atoms with Crippen molar-refractivity contribution in [1.82, 2.24) is 9.80 Å². The normalized spacial score (nSPS) is 10.4. The van der Waals surface area contributed by atoms with E-state index in [9.17, 15) is 4.79 Å². The maximum Gasteiger partial charge on any atom is 0.241 e. The fourth-order valence-electron chi connectivity index (χ4n) is 1.62. The van der Waals surface area contributed by atoms with Gasteiger partial charge >= 0.3 is 0 Å². The number of likely N-dealkylation sites (N-methyl/N-ethyl adjacent to an activating group) is 1. The number of benzene rings is 1. The molecule has 0 spiro atoms. The molecular formula is C14H23N3O. The smallest absolute Gasteiger partial charge is 0.241 e. The molecule has 1 amide bonds. The number of anilines is 1. The highest BCUT2D eigenvalue weighted by atomic mass is 16.2. The standard InChI is InChI=1S/C14H23N3O/c1-16(2)10-7-11-17(3)14(18)12-15-13-8-5-4-6-9-13/h4-6,8-9,15H,7,10-12H2,1-3H3. The lowest BCUT2D eigenvalue weighted by Crippen LogP contribution is -2.34. The molecule has 0 unspecified atom stereocenters. The van der Waals surface area contributed by atoms with Gasteiger partial charge in [-0.2, -0.15) is 0 Å². The van der Waals surface area contributed by atoms with Crippen LogP contribution in [-0.4, -0.2) is 56.5 Å². The number of hydrogen-bond acceptors (Lipinski definition) is 3. The van der Waals surface area contributed by atoms with Crippen LogP contribution < -0.4 is 5.32 Å². The number of nitrogens with zero attached hydrogens (tertiary/aromatic N) is 2. The van der Waals surface area contributed by atoms with Crippen LogP contribution in [-0.2, 0) is 4.79 Å². The highest BCUT2D eigenvalue weighted by Crippen LogP contribution is 2.04. The summed E-state index contributed by atoms with van der Waals surface area (Å²) in [6.07, 6.45) is 1.00. The second-order valence-electron chi connectivity index (χ2n) is 4.69. The predicted molar refractivity (Wildman–Crippen MR) is 75.7 cm³/mol. The van der Waals surface area contributed by atoms with Crippen molar-refractivity contribution >= 4 is 11.6 Å². The van der Waals surface area contributed by atoms with Gasteiger partial charge in [0.1, 0.15) is 0 Å². The second-order valence-corrected chi connectivity index (χ2v) is 4.69. The summed E-state index contributed by atoms with van der Waals surface area (Å²) < 4.78 is 0. The minimum Gasteiger partial charge on any atom is -0.376 e. The molecule has 0 aliphatic rings. The summed E-state index contributed by atoms with van der Waals surface area (Å²) >= 11 is 0. The van der Waals surface area contributed by atoms with Crippen LogP contribution in [0.5, 0.6) is 0 Å². The molecule has 0 aromatic heterocycles. The number of rotatable bonds is 7. The van der Waals surface area contributed by atoms with Gasteiger partial charge in [0.25, 0.3) is 0 Å². The Bertz CT molecular complexity index is 351. The predicted octanol–water partition coefficient (Wildman–Crippen LogP) is 1.51. The summed E-state index contributed by atoms with van der Waals surface area (Å²) in [4.78, 5) is 15.7. The number of nitrogens with one attached hydrogen (secondary N) is 1. The molecule has 1 N–H and O–H groups in total. The highest BCUT2D eigenvalue weighted by molar-refractivity contribution is 5.80. The number of hydrogen-bond donors (Lipinski definition) is 1. The van der Waals surface area contributed by atoms with Crippen LogP contribution in [0.2, 0.25) is 0 Å². The molecule has 0 radical (unpaired) electrons. The zero-order chi connectivity index (χ0) is 13.4. The third kappa shape index (κ3) is 5.68. The lowest BCUT2D eigenvalue weighted by molar-refractivity contribution is -0.128. The van der Waals surface area contributed by atoms with E-state index < -0.39 is 0 Å². The molecule has 0 bridgehead atoms. The van der Waals surface area contributed by atoms with Crippen molar-refractivity contribution in [3.05, 3.63) is 30.3 Å². The summed E-state index contributed by atoms with van der Waals surface area (Å²) in [5, 5.41) is 3.12. The summed E-state index contributed by atoms with van der Waals surface area (Å²) in [7, 11) is 5.93. The summed E-state index contributed by atoms with van der Waals surface area (Å²) in [6, 6.07) is 9.78. The Balaban J connectivity index is 2.23. The van der Waals surface area contributed by atoms with Gasteiger partial charge in [-0.3, -0.25) is 4.79 Å². The van der Waals surface area contributed by atoms with Gasteiger partial charge in [-0.05, 0) is 39.2 Å². The quantitative estimate of drug-likeness (QED) is 0.795. The molecule has 18 heavy (non-hydrogen) atoms. The van der Waals surface area contributed by atoms with E-state index in [-0.39, 0.29) is 5.91 Å². The van der Waals surface area contributed by atoms with Crippen LogP contribution in [0.15, 0.2) is 30.3 Å². The number of amides is 1. The lowest BCUT2D eigenvalue weighted by Gasteiger charge is -2.19. The molecule has 4 heteroatoms. The number of para-hydroxylation sites is 1. The van der Waals surface area contributed by atoms with Crippen molar-refractivity contribution in [3.63, 3.8) is 0 Å². The van der Waals surface area contributed by atoms with Crippen LogP contribution in [0.1, 0.15) is 6.42 Å². The van der Waals surface area contributed by atoms with E-state index in [1.165, 1.54) is 0 Å². The maximum absolute atomic E-state index is 11.8. The Hall–Kier alpha value is -1.55. The third-order valence-corrected chi connectivity index (χ3v) is 2.74. The van der Waals surface area contributed by atoms with Gasteiger partial charge in [-0.1, -0.05) is 18.2 Å². The molecule has 100 valence electrons. The van der Waals surface area contributed by atoms with E-state index >= 15 is 0 Å². The minimum absolute atomic E-state index is 0.123. The highest BCUT2D eigenvalue weighted by Gasteiger charge is 2.07. The number of carbonyl (C=O) groups is 1. The van der Waals surface area contributed by atoms with Gasteiger partial charge in [0.15, 0.2) is 0 Å². The molecule has 0 heterocycles. The average molecular weight is 249 g/mol. The average Bonchev–Trinajstić information content (AvgIpc) is 2.36. The van der Waals surface area contributed by atoms with Gasteiger partial charge < -0.3 is 15.1 Å². The van der Waals surface area contributed by atoms with Crippen molar-refractivity contribution in [2.45, 2.75) is 6.42 Å². The van der Waals surface area contributed by atoms with Gasteiger partial charge in [0.2, 0.25) is 5.91 Å². The van der Waals surface area contributed by atoms with Gasteiger partial charge in [0.05, 0.1) is 6.54 Å². The fourth-order valence-corrected chi connectivity index (χ4v) is 1.62. The number of carbonyl (C=O) groups excluding carboxylic acids is 1. The summed E-state index contributed by atoms with van der Waals surface area (Å²) in [5.41, 5.74) is 0.979. The topological polar surface area (TPSA) is 35.6 Å². The molecular weight excluding hydrogens is 226 g/mol. The Morgan fingerprint density at radius 3 is 2.39 bits per heavy atom. The fraction of sp³-hybridized carbons (Fsp3) is 0.500. The minimum atomic E-state index is 0.123. The Morgan fingerprint density at radius 2 is 1.78 bits per heavy atom. The van der Waals surface area contributed by atoms with E-state index in [1.54, 1.807) is 4.90 Å². The van der Waals surface area contributed by atoms with Crippen LogP contribution in [0.25, 0.3) is 0 Å². The first-order valence-corrected chi connectivity index (χ1v) is 6.27. The van der Waals surface area contributed by atoms with Crippen molar-refractivity contribution in [1.29, 1.82) is 0 Å². The second kappa shape index (κ2) is 7.71. The molecule has 0 saturated heterocycles. The van der Waals surface area contributed by atoms with Gasteiger partial charge in [-0.15, -0.1) is 0 Å². The molecule has 0 saturated carbocycles. The van der Waals surface area contributed by atoms with Crippen molar-refractivity contribution in [2.24, 2.45) is 0 Å². The summed E-state index contributed by atoms with van der Waals surface area (Å²) in [5.74, 6) is 0.123. The Kier molecular flexibility index (Phi) is 6.22. The van der Waals surface area contributed by atoms with Crippen LogP contribution in [0.4, 0.5) is 5.69 Å². The Labute approximate surface area is 110 Å². The molecule has 4 nitrogen and oxygen atoms in total. The van der Waals surface area contributed by atoms with Crippen molar-refractivity contribution in [2.75, 3.05) is 46.1 Å². The largest absolute Gasteiger partial charge is 0.376 e. The molecule has 0 aliphatic heterocycles. The van der Waals surface area contributed by atoms with Crippen LogP contribution in [0, 0.1) is 0 Å². The van der Waals surface area contributed by atoms with E-state index in [0.29, 0.717) is 6.54 Å². The monoisotopic (exact) mass is 249 g/mol. The lowest BCUT2D eigenvalue weighted by atomic mass is 10.3. The first-order valence-electron chi connectivity index (χ1n) is 6.27. The molecule has 1 rings (SSSR count). The molecule has 0 fully saturated rings. The van der Waals surface area contributed by atoms with E-state index in [1.807, 2.05) is 51.5 Å².